The van der Waals surface area contributed by atoms with Gasteiger partial charge in [-0.05, 0) is 5.92 Å². The first-order valence-electron chi connectivity index (χ1n) is 6.12. The Morgan fingerprint density at radius 3 is 2.29 bits per heavy atom. The zero-order chi connectivity index (χ0) is 13.4. The fraction of sp³-hybridized carbons (Fsp3) is 0.769. The van der Waals surface area contributed by atoms with Crippen molar-refractivity contribution in [2.24, 2.45) is 18.7 Å². The van der Waals surface area contributed by atoms with E-state index in [2.05, 4.69) is 25.9 Å². The molecule has 17 heavy (non-hydrogen) atoms. The summed E-state index contributed by atoms with van der Waals surface area (Å²) in [7, 11) is 1.87. The van der Waals surface area contributed by atoms with Crippen LogP contribution in [0.25, 0.3) is 0 Å². The summed E-state index contributed by atoms with van der Waals surface area (Å²) in [6, 6.07) is -0.264. The Kier molecular flexibility index (Phi) is 3.99. The highest BCUT2D eigenvalue weighted by atomic mass is 16.3. The van der Waals surface area contributed by atoms with Gasteiger partial charge in [-0.25, -0.2) is 0 Å². The van der Waals surface area contributed by atoms with E-state index >= 15 is 0 Å². The first-order chi connectivity index (χ1) is 7.64. The molecular formula is C13H25N3O. The Labute approximate surface area is 104 Å². The molecule has 0 saturated carbocycles. The maximum absolute atomic E-state index is 10.3. The van der Waals surface area contributed by atoms with Gasteiger partial charge in [-0.1, -0.05) is 34.6 Å². The zero-order valence-corrected chi connectivity index (χ0v) is 11.7. The van der Waals surface area contributed by atoms with Crippen molar-refractivity contribution in [2.45, 2.75) is 52.2 Å². The Bertz CT molecular complexity index is 377. The quantitative estimate of drug-likeness (QED) is 0.844. The lowest BCUT2D eigenvalue weighted by atomic mass is 9.85. The Balaban J connectivity index is 3.13. The molecular weight excluding hydrogens is 214 g/mol. The molecule has 0 aliphatic rings. The number of nitrogens with two attached hydrogens (primary N) is 1. The van der Waals surface area contributed by atoms with E-state index in [0.29, 0.717) is 0 Å². The van der Waals surface area contributed by atoms with Crippen molar-refractivity contribution in [3.05, 3.63) is 17.5 Å². The van der Waals surface area contributed by atoms with Crippen LogP contribution in [0.5, 0.6) is 0 Å². The number of nitrogens with zero attached hydrogens (tertiary/aromatic N) is 2. The van der Waals surface area contributed by atoms with E-state index in [9.17, 15) is 5.11 Å². The lowest BCUT2D eigenvalue weighted by Gasteiger charge is -2.25. The molecule has 1 aromatic rings. The largest absolute Gasteiger partial charge is 0.387 e. The van der Waals surface area contributed by atoms with Gasteiger partial charge >= 0.3 is 0 Å². The maximum atomic E-state index is 10.3. The summed E-state index contributed by atoms with van der Waals surface area (Å²) in [6.07, 6.45) is 1.21. The van der Waals surface area contributed by atoms with Crippen LogP contribution < -0.4 is 5.73 Å². The van der Waals surface area contributed by atoms with Crippen LogP contribution in [0.3, 0.4) is 0 Å². The van der Waals surface area contributed by atoms with Crippen molar-refractivity contribution in [1.29, 1.82) is 0 Å². The Morgan fingerprint density at radius 2 is 1.88 bits per heavy atom. The first kappa shape index (κ1) is 14.2. The molecule has 0 radical (unpaired) electrons. The minimum Gasteiger partial charge on any atom is -0.387 e. The number of hydrogen-bond acceptors (Lipinski definition) is 3. The molecule has 1 aromatic heterocycles. The van der Waals surface area contributed by atoms with Crippen molar-refractivity contribution >= 4 is 0 Å². The average molecular weight is 239 g/mol. The Morgan fingerprint density at radius 1 is 1.35 bits per heavy atom. The van der Waals surface area contributed by atoms with Gasteiger partial charge in [0.05, 0.1) is 11.8 Å². The molecule has 0 bridgehead atoms. The molecule has 2 atom stereocenters. The molecule has 3 N–H and O–H groups in total. The topological polar surface area (TPSA) is 64.1 Å². The molecule has 4 nitrogen and oxygen atoms in total. The number of aliphatic hydroxyl groups is 1. The lowest BCUT2D eigenvalue weighted by Crippen LogP contribution is -2.34. The summed E-state index contributed by atoms with van der Waals surface area (Å²) in [5.74, 6) is 0.234. The van der Waals surface area contributed by atoms with Crippen LogP contribution in [0, 0.1) is 5.92 Å². The van der Waals surface area contributed by atoms with Crippen molar-refractivity contribution < 1.29 is 5.11 Å². The van der Waals surface area contributed by atoms with Gasteiger partial charge < -0.3 is 10.8 Å². The van der Waals surface area contributed by atoms with Crippen LogP contribution in [0.2, 0.25) is 0 Å². The monoisotopic (exact) mass is 239 g/mol. The van der Waals surface area contributed by atoms with Crippen molar-refractivity contribution in [1.82, 2.24) is 9.78 Å². The van der Waals surface area contributed by atoms with Gasteiger partial charge in [0.2, 0.25) is 0 Å². The van der Waals surface area contributed by atoms with Crippen LogP contribution >= 0.6 is 0 Å². The third-order valence-electron chi connectivity index (χ3n) is 3.02. The number of aliphatic hydroxyl groups excluding tert-OH is 1. The van der Waals surface area contributed by atoms with E-state index < -0.39 is 6.10 Å². The minimum atomic E-state index is -0.655. The maximum Gasteiger partial charge on any atom is 0.0976 e. The molecule has 98 valence electrons. The lowest BCUT2D eigenvalue weighted by molar-refractivity contribution is 0.124. The SMILES string of the molecule is CC(C)C(N)C(O)c1cn(C)nc1C(C)(C)C. The number of aromatic nitrogens is 2. The second-order valence-corrected chi connectivity index (χ2v) is 6.12. The van der Waals surface area contributed by atoms with E-state index in [1.807, 2.05) is 27.1 Å². The molecule has 0 saturated heterocycles. The van der Waals surface area contributed by atoms with Crippen molar-refractivity contribution in [2.75, 3.05) is 0 Å². The summed E-state index contributed by atoms with van der Waals surface area (Å²) in [4.78, 5) is 0. The van der Waals surface area contributed by atoms with Gasteiger partial charge in [0.1, 0.15) is 0 Å². The van der Waals surface area contributed by atoms with Gasteiger partial charge in [0, 0.05) is 30.3 Å². The molecule has 4 heteroatoms. The predicted octanol–water partition coefficient (Wildman–Crippen LogP) is 1.73. The highest BCUT2D eigenvalue weighted by Crippen LogP contribution is 2.30. The van der Waals surface area contributed by atoms with E-state index in [-0.39, 0.29) is 17.4 Å². The summed E-state index contributed by atoms with van der Waals surface area (Å²) in [6.45, 7) is 10.3. The van der Waals surface area contributed by atoms with Crippen LogP contribution in [-0.4, -0.2) is 20.9 Å². The second kappa shape index (κ2) is 4.78. The van der Waals surface area contributed by atoms with Crippen LogP contribution in [0.1, 0.15) is 52.0 Å². The van der Waals surface area contributed by atoms with Crippen molar-refractivity contribution in [3.8, 4) is 0 Å². The van der Waals surface area contributed by atoms with Crippen LogP contribution in [-0.2, 0) is 12.5 Å². The van der Waals surface area contributed by atoms with E-state index in [4.69, 9.17) is 5.73 Å². The third kappa shape index (κ3) is 3.07. The fourth-order valence-corrected chi connectivity index (χ4v) is 1.88. The van der Waals surface area contributed by atoms with Gasteiger partial charge in [0.25, 0.3) is 0 Å². The fourth-order valence-electron chi connectivity index (χ4n) is 1.88. The summed E-state index contributed by atoms with van der Waals surface area (Å²) < 4.78 is 1.74. The van der Waals surface area contributed by atoms with Crippen LogP contribution in [0.15, 0.2) is 6.20 Å². The molecule has 1 rings (SSSR count). The number of aryl methyl sites for hydroxylation is 1. The zero-order valence-electron chi connectivity index (χ0n) is 11.7. The normalized spacial score (nSPS) is 16.3. The molecule has 0 aliphatic heterocycles. The molecule has 1 heterocycles. The summed E-state index contributed by atoms with van der Waals surface area (Å²) in [5, 5.41) is 14.8. The van der Waals surface area contributed by atoms with Gasteiger partial charge in [-0.2, -0.15) is 5.10 Å². The van der Waals surface area contributed by atoms with E-state index in [0.717, 1.165) is 11.3 Å². The predicted molar refractivity (Wildman–Crippen MR) is 69.7 cm³/mol. The first-order valence-corrected chi connectivity index (χ1v) is 6.12. The van der Waals surface area contributed by atoms with Gasteiger partial charge in [-0.15, -0.1) is 0 Å². The standard InChI is InChI=1S/C13H25N3O/c1-8(2)10(14)11(17)9-7-16(6)15-12(9)13(3,4)5/h7-8,10-11,17H,14H2,1-6H3. The molecule has 0 spiro atoms. The number of hydrogen-bond donors (Lipinski definition) is 2. The van der Waals surface area contributed by atoms with Gasteiger partial charge in [0.15, 0.2) is 0 Å². The van der Waals surface area contributed by atoms with E-state index in [1.165, 1.54) is 0 Å². The molecule has 0 aromatic carbocycles. The smallest absolute Gasteiger partial charge is 0.0976 e. The summed E-state index contributed by atoms with van der Waals surface area (Å²) >= 11 is 0. The van der Waals surface area contributed by atoms with E-state index in [1.54, 1.807) is 4.68 Å². The second-order valence-electron chi connectivity index (χ2n) is 6.12. The molecule has 2 unspecified atom stereocenters. The van der Waals surface area contributed by atoms with Crippen LogP contribution in [0.4, 0.5) is 0 Å². The van der Waals surface area contributed by atoms with Gasteiger partial charge in [-0.3, -0.25) is 4.68 Å². The molecule has 0 aliphatic carbocycles. The Hall–Kier alpha value is -0.870. The highest BCUT2D eigenvalue weighted by Gasteiger charge is 2.29. The minimum absolute atomic E-state index is 0.0890. The molecule has 0 fully saturated rings. The highest BCUT2D eigenvalue weighted by molar-refractivity contribution is 5.27. The number of rotatable bonds is 3. The summed E-state index contributed by atoms with van der Waals surface area (Å²) in [5.41, 5.74) is 7.71. The molecule has 0 amide bonds. The van der Waals surface area contributed by atoms with Crippen molar-refractivity contribution in [3.63, 3.8) is 0 Å². The third-order valence-corrected chi connectivity index (χ3v) is 3.02. The average Bonchev–Trinajstić information content (AvgIpc) is 2.57.